The van der Waals surface area contributed by atoms with Crippen LogP contribution in [0.2, 0.25) is 0 Å². The van der Waals surface area contributed by atoms with Gasteiger partial charge in [0.1, 0.15) is 0 Å². The van der Waals surface area contributed by atoms with Gasteiger partial charge in [0.05, 0.1) is 12.1 Å². The number of nitrogens with one attached hydrogen (secondary N) is 3. The summed E-state index contributed by atoms with van der Waals surface area (Å²) in [6.07, 6.45) is 6.63. The SMILES string of the molecule is C=CC1=C(C)[C@@H](CC2=C(C)C(CCC(=O)O)[C@@]3(/C=c4\[nH]/c(=C/C5NC(=O)[C@H](C)[C@H]5[C@@H]5C[SH+]5)c(C)c4CCC(=O)O)ON23)NC1=O. The Kier molecular flexibility index (Phi) is 8.01. The summed E-state index contributed by atoms with van der Waals surface area (Å²) in [4.78, 5) is 58.2. The molecule has 0 saturated carbocycles. The maximum absolute atomic E-state index is 12.6. The Balaban J connectivity index is 1.39. The van der Waals surface area contributed by atoms with Gasteiger partial charge >= 0.3 is 11.9 Å². The van der Waals surface area contributed by atoms with Gasteiger partial charge in [-0.3, -0.25) is 19.2 Å². The molecule has 0 bridgehead atoms. The molecular formula is C33H41N4O7S+. The smallest absolute Gasteiger partial charge is 0.303 e. The van der Waals surface area contributed by atoms with Crippen molar-refractivity contribution in [3.8, 4) is 0 Å². The van der Waals surface area contributed by atoms with E-state index in [9.17, 15) is 29.4 Å². The molecule has 6 rings (SSSR count). The van der Waals surface area contributed by atoms with Gasteiger partial charge in [-0.1, -0.05) is 19.6 Å². The van der Waals surface area contributed by atoms with Gasteiger partial charge in [0.15, 0.2) is 11.0 Å². The molecule has 1 aromatic rings. The molecule has 1 aromatic heterocycles. The van der Waals surface area contributed by atoms with Crippen LogP contribution in [0.5, 0.6) is 0 Å². The fraction of sp³-hybridized carbons (Fsp3) is 0.515. The van der Waals surface area contributed by atoms with Crippen LogP contribution in [0.15, 0.2) is 35.1 Å². The number of aliphatic carboxylic acids is 2. The van der Waals surface area contributed by atoms with Crippen LogP contribution < -0.4 is 21.3 Å². The molecule has 240 valence electrons. The van der Waals surface area contributed by atoms with E-state index in [0.717, 1.165) is 44.4 Å². The zero-order valence-electron chi connectivity index (χ0n) is 26.0. The van der Waals surface area contributed by atoms with Crippen LogP contribution in [0.25, 0.3) is 12.2 Å². The van der Waals surface area contributed by atoms with Crippen molar-refractivity contribution in [3.63, 3.8) is 0 Å². The number of thiol groups is 1. The number of nitrogens with zero attached hydrogens (tertiary/aromatic N) is 1. The lowest BCUT2D eigenvalue weighted by molar-refractivity contribution is -0.138. The van der Waals surface area contributed by atoms with Gasteiger partial charge in [-0.15, -0.1) is 0 Å². The van der Waals surface area contributed by atoms with E-state index in [0.29, 0.717) is 30.1 Å². The van der Waals surface area contributed by atoms with Crippen molar-refractivity contribution in [3.05, 3.63) is 56.9 Å². The number of amides is 2. The Hall–Kier alpha value is -3.77. The number of carboxylic acid groups (broad SMARTS) is 2. The Labute approximate surface area is 265 Å². The molecule has 45 heavy (non-hydrogen) atoms. The van der Waals surface area contributed by atoms with Crippen molar-refractivity contribution in [2.24, 2.45) is 17.8 Å². The van der Waals surface area contributed by atoms with Crippen LogP contribution in [-0.2, 0) is 42.2 Å². The molecule has 6 heterocycles. The van der Waals surface area contributed by atoms with Crippen molar-refractivity contribution in [1.29, 1.82) is 0 Å². The molecule has 5 aliphatic rings. The van der Waals surface area contributed by atoms with Gasteiger partial charge in [0, 0.05) is 59.0 Å². The standard InChI is InChI=1S/C33H40N4O7S/c1-6-19-15(2)23(35-32(19)43)12-26-17(4)21(8-10-29(40)41)33(37(26)44-33)13-25-20(7-9-28(38)39)16(3)22(34-25)11-24-30(27-14-45-27)18(5)31(42)36-24/h6,11,13,18,21,23-24,27,30,34H,1,7-10,12,14H2,2-5H3,(H,35,43)(H,36,42)(H,38,39)(H,40,41)/p+1/b22-11+,25-13-/t18-,21?,23-,24?,27+,30-,33-,37?/m1/s1. The number of hydrogen-bond acceptors (Lipinski definition) is 6. The van der Waals surface area contributed by atoms with Crippen molar-refractivity contribution in [1.82, 2.24) is 20.7 Å². The van der Waals surface area contributed by atoms with E-state index in [-0.39, 0.29) is 54.5 Å². The number of hydrogen-bond donors (Lipinski definition) is 5. The predicted molar refractivity (Wildman–Crippen MR) is 170 cm³/mol. The number of fused-ring (bicyclic) bond motifs is 1. The number of carboxylic acids is 2. The fourth-order valence-electron chi connectivity index (χ4n) is 7.57. The molecule has 0 aromatic carbocycles. The minimum absolute atomic E-state index is 0.0438. The van der Waals surface area contributed by atoms with E-state index in [2.05, 4.69) is 28.3 Å². The second kappa shape index (κ2) is 11.5. The molecule has 5 N–H and O–H groups in total. The van der Waals surface area contributed by atoms with Gasteiger partial charge in [-0.25, -0.2) is 9.90 Å². The molecule has 2 amide bonds. The first-order chi connectivity index (χ1) is 21.4. The van der Waals surface area contributed by atoms with Crippen LogP contribution in [0, 0.1) is 24.7 Å². The Morgan fingerprint density at radius 1 is 1.11 bits per heavy atom. The number of aromatic nitrogens is 1. The summed E-state index contributed by atoms with van der Waals surface area (Å²) in [7, 11) is 0. The summed E-state index contributed by atoms with van der Waals surface area (Å²) in [5.74, 6) is -0.950. The quantitative estimate of drug-likeness (QED) is 0.129. The molecule has 7 atom stereocenters. The first kappa shape index (κ1) is 31.2. The number of aromatic amines is 1. The minimum Gasteiger partial charge on any atom is -0.481 e. The second-order valence-corrected chi connectivity index (χ2v) is 14.3. The Morgan fingerprint density at radius 3 is 2.44 bits per heavy atom. The summed E-state index contributed by atoms with van der Waals surface area (Å²) in [5.41, 5.74) is 4.20. The Morgan fingerprint density at radius 2 is 1.82 bits per heavy atom. The molecule has 0 aliphatic carbocycles. The van der Waals surface area contributed by atoms with Crippen molar-refractivity contribution in [2.75, 3.05) is 5.75 Å². The van der Waals surface area contributed by atoms with E-state index >= 15 is 0 Å². The van der Waals surface area contributed by atoms with E-state index in [1.807, 2.05) is 38.8 Å². The molecule has 3 fully saturated rings. The zero-order chi connectivity index (χ0) is 32.4. The second-order valence-electron chi connectivity index (χ2n) is 12.9. The number of hydroxylamine groups is 2. The predicted octanol–water partition coefficient (Wildman–Crippen LogP) is 0.952. The number of carbonyl (C=O) groups is 4. The van der Waals surface area contributed by atoms with Gasteiger partial charge in [-0.05, 0) is 79.8 Å². The molecule has 3 saturated heterocycles. The lowest BCUT2D eigenvalue weighted by atomic mass is 9.87. The molecular weight excluding hydrogens is 596 g/mol. The minimum atomic E-state index is -0.936. The number of carbonyl (C=O) groups excluding carboxylic acids is 2. The lowest BCUT2D eigenvalue weighted by Crippen LogP contribution is -2.32. The first-order valence-electron chi connectivity index (χ1n) is 15.5. The normalized spacial score (nSPS) is 32.8. The summed E-state index contributed by atoms with van der Waals surface area (Å²) in [6, 6.07) is -0.362. The van der Waals surface area contributed by atoms with E-state index < -0.39 is 17.7 Å². The first-order valence-corrected chi connectivity index (χ1v) is 16.7. The average molecular weight is 638 g/mol. The highest BCUT2D eigenvalue weighted by Gasteiger charge is 2.65. The molecule has 0 radical (unpaired) electrons. The molecule has 12 heteroatoms. The van der Waals surface area contributed by atoms with Crippen LogP contribution in [0.1, 0.15) is 57.6 Å². The van der Waals surface area contributed by atoms with E-state index in [1.54, 1.807) is 6.08 Å². The van der Waals surface area contributed by atoms with Gasteiger partial charge in [0.25, 0.3) is 5.91 Å². The highest BCUT2D eigenvalue weighted by atomic mass is 32.2. The molecule has 5 aliphatic heterocycles. The zero-order valence-corrected chi connectivity index (χ0v) is 26.9. The molecule has 0 spiro atoms. The van der Waals surface area contributed by atoms with Crippen molar-refractivity contribution < 1.29 is 34.2 Å². The largest absolute Gasteiger partial charge is 0.481 e. The third-order valence-corrected chi connectivity index (χ3v) is 11.4. The van der Waals surface area contributed by atoms with Crippen molar-refractivity contribution >= 4 is 47.7 Å². The van der Waals surface area contributed by atoms with Gasteiger partial charge < -0.3 is 25.8 Å². The number of rotatable bonds is 12. The van der Waals surface area contributed by atoms with Gasteiger partial charge in [-0.2, -0.15) is 0 Å². The maximum atomic E-state index is 12.6. The fourth-order valence-corrected chi connectivity index (χ4v) is 8.62. The van der Waals surface area contributed by atoms with Crippen LogP contribution in [-0.4, -0.2) is 72.8 Å². The lowest BCUT2D eigenvalue weighted by Gasteiger charge is -2.17. The van der Waals surface area contributed by atoms with Crippen LogP contribution >= 0.6 is 0 Å². The van der Waals surface area contributed by atoms with Crippen LogP contribution in [0.4, 0.5) is 0 Å². The monoisotopic (exact) mass is 637 g/mol. The van der Waals surface area contributed by atoms with Crippen molar-refractivity contribution in [2.45, 2.75) is 82.9 Å². The summed E-state index contributed by atoms with van der Waals surface area (Å²) in [5, 5.41) is 29.1. The maximum Gasteiger partial charge on any atom is 0.303 e. The summed E-state index contributed by atoms with van der Waals surface area (Å²) >= 11 is 1.37. The third kappa shape index (κ3) is 5.52. The summed E-state index contributed by atoms with van der Waals surface area (Å²) < 4.78 is 0. The summed E-state index contributed by atoms with van der Waals surface area (Å²) in [6.45, 7) is 11.6. The Bertz CT molecular complexity index is 1690. The highest BCUT2D eigenvalue weighted by Crippen LogP contribution is 2.58. The molecule has 2 unspecified atom stereocenters. The average Bonchev–Trinajstić information content (AvgIpc) is 3.84. The van der Waals surface area contributed by atoms with E-state index in [4.69, 9.17) is 4.84 Å². The highest BCUT2D eigenvalue weighted by molar-refractivity contribution is 7.86. The third-order valence-electron chi connectivity index (χ3n) is 10.3. The van der Waals surface area contributed by atoms with Gasteiger partial charge in [0.2, 0.25) is 11.6 Å². The topological polar surface area (TPSA) is 164 Å². The van der Waals surface area contributed by atoms with E-state index in [1.165, 1.54) is 11.8 Å². The molecule has 11 nitrogen and oxygen atoms in total. The number of H-pyrrole nitrogens is 1. The van der Waals surface area contributed by atoms with Crippen LogP contribution in [0.3, 0.4) is 0 Å².